The zero-order valence-electron chi connectivity index (χ0n) is 9.29. The largest absolute Gasteiger partial charge is 0.619 e. The average Bonchev–Trinajstić information content (AvgIpc) is 2.72. The molecule has 0 aliphatic carbocycles. The first-order valence-electron chi connectivity index (χ1n) is 5.13. The van der Waals surface area contributed by atoms with E-state index >= 15 is 0 Å². The van der Waals surface area contributed by atoms with Crippen LogP contribution in [0.3, 0.4) is 0 Å². The molecule has 0 amide bonds. The van der Waals surface area contributed by atoms with Crippen molar-refractivity contribution < 1.29 is 13.9 Å². The van der Waals surface area contributed by atoms with Crippen LogP contribution in [-0.4, -0.2) is 5.78 Å². The number of ketones is 1. The second-order valence-electron chi connectivity index (χ2n) is 3.60. The lowest BCUT2D eigenvalue weighted by Crippen LogP contribution is -2.25. The Labute approximate surface area is 98.4 Å². The first kappa shape index (κ1) is 11.1. The Morgan fingerprint density at radius 3 is 2.88 bits per heavy atom. The van der Waals surface area contributed by atoms with Crippen LogP contribution in [0.4, 0.5) is 0 Å². The maximum Gasteiger partial charge on any atom is 0.192 e. The molecule has 0 N–H and O–H groups in total. The van der Waals surface area contributed by atoms with E-state index in [2.05, 4.69) is 0 Å². The number of aromatic nitrogens is 1. The SMILES string of the molecule is Cc1ccc(/C=C/C(=O)c2ccc[n+]([O-])c2)o1. The summed E-state index contributed by atoms with van der Waals surface area (Å²) in [6.07, 6.45) is 5.53. The fourth-order valence-electron chi connectivity index (χ4n) is 1.40. The minimum absolute atomic E-state index is 0.232. The van der Waals surface area contributed by atoms with Crippen LogP contribution < -0.4 is 4.73 Å². The van der Waals surface area contributed by atoms with Gasteiger partial charge in [-0.05, 0) is 37.3 Å². The molecule has 0 aliphatic heterocycles. The number of allylic oxidation sites excluding steroid dienone is 1. The van der Waals surface area contributed by atoms with Crippen LogP contribution in [0.25, 0.3) is 6.08 Å². The average molecular weight is 229 g/mol. The molecule has 0 bridgehead atoms. The summed E-state index contributed by atoms with van der Waals surface area (Å²) < 4.78 is 5.88. The third kappa shape index (κ3) is 2.81. The highest BCUT2D eigenvalue weighted by Gasteiger charge is 2.05. The van der Waals surface area contributed by atoms with E-state index in [4.69, 9.17) is 4.42 Å². The van der Waals surface area contributed by atoms with Gasteiger partial charge < -0.3 is 9.62 Å². The molecule has 17 heavy (non-hydrogen) atoms. The summed E-state index contributed by atoms with van der Waals surface area (Å²) in [5.74, 6) is 1.17. The lowest BCUT2D eigenvalue weighted by atomic mass is 10.2. The molecule has 0 radical (unpaired) electrons. The molecule has 0 aromatic carbocycles. The van der Waals surface area contributed by atoms with Crippen LogP contribution in [0.2, 0.25) is 0 Å². The van der Waals surface area contributed by atoms with Crippen molar-refractivity contribution in [2.75, 3.05) is 0 Å². The van der Waals surface area contributed by atoms with Crippen molar-refractivity contribution in [1.82, 2.24) is 0 Å². The van der Waals surface area contributed by atoms with Crippen LogP contribution in [0, 0.1) is 12.1 Å². The lowest BCUT2D eigenvalue weighted by Gasteiger charge is -1.96. The summed E-state index contributed by atoms with van der Waals surface area (Å²) in [6.45, 7) is 1.83. The van der Waals surface area contributed by atoms with Crippen LogP contribution in [-0.2, 0) is 0 Å². The summed E-state index contributed by atoms with van der Waals surface area (Å²) in [5.41, 5.74) is 0.349. The Morgan fingerprint density at radius 2 is 2.24 bits per heavy atom. The second kappa shape index (κ2) is 4.65. The first-order valence-corrected chi connectivity index (χ1v) is 5.13. The Kier molecular flexibility index (Phi) is 3.05. The maximum atomic E-state index is 11.7. The van der Waals surface area contributed by atoms with E-state index in [1.165, 1.54) is 24.5 Å². The number of pyridine rings is 1. The van der Waals surface area contributed by atoms with Crippen molar-refractivity contribution in [2.24, 2.45) is 0 Å². The molecule has 2 aromatic rings. The van der Waals surface area contributed by atoms with E-state index in [0.29, 0.717) is 16.1 Å². The van der Waals surface area contributed by atoms with Crippen molar-refractivity contribution in [3.05, 3.63) is 65.0 Å². The predicted molar refractivity (Wildman–Crippen MR) is 62.2 cm³/mol. The molecule has 0 atom stereocenters. The Morgan fingerprint density at radius 1 is 1.41 bits per heavy atom. The third-order valence-corrected chi connectivity index (χ3v) is 2.22. The summed E-state index contributed by atoms with van der Waals surface area (Å²) in [5, 5.41) is 11.0. The van der Waals surface area contributed by atoms with Gasteiger partial charge in [0.1, 0.15) is 11.5 Å². The Balaban J connectivity index is 2.14. The fraction of sp³-hybridized carbons (Fsp3) is 0.0769. The van der Waals surface area contributed by atoms with E-state index in [-0.39, 0.29) is 5.78 Å². The summed E-state index contributed by atoms with van der Waals surface area (Å²) in [7, 11) is 0. The van der Waals surface area contributed by atoms with Gasteiger partial charge in [0.25, 0.3) is 0 Å². The summed E-state index contributed by atoms with van der Waals surface area (Å²) in [6, 6.07) is 6.72. The summed E-state index contributed by atoms with van der Waals surface area (Å²) in [4.78, 5) is 11.7. The molecule has 4 heteroatoms. The van der Waals surface area contributed by atoms with Gasteiger partial charge in [-0.3, -0.25) is 4.79 Å². The Hall–Kier alpha value is -2.36. The number of hydrogen-bond acceptors (Lipinski definition) is 3. The molecule has 0 fully saturated rings. The zero-order chi connectivity index (χ0) is 12.3. The van der Waals surface area contributed by atoms with E-state index in [1.807, 2.05) is 13.0 Å². The van der Waals surface area contributed by atoms with Gasteiger partial charge >= 0.3 is 0 Å². The van der Waals surface area contributed by atoms with E-state index < -0.39 is 0 Å². The molecule has 0 saturated heterocycles. The highest BCUT2D eigenvalue weighted by Crippen LogP contribution is 2.08. The van der Waals surface area contributed by atoms with Crippen molar-refractivity contribution in [2.45, 2.75) is 6.92 Å². The van der Waals surface area contributed by atoms with Gasteiger partial charge in [0, 0.05) is 6.07 Å². The van der Waals surface area contributed by atoms with E-state index in [0.717, 1.165) is 5.76 Å². The van der Waals surface area contributed by atoms with Crippen molar-refractivity contribution in [3.63, 3.8) is 0 Å². The van der Waals surface area contributed by atoms with Crippen molar-refractivity contribution in [1.29, 1.82) is 0 Å². The standard InChI is InChI=1S/C13H11NO3/c1-10-4-5-12(17-10)6-7-13(15)11-3-2-8-14(16)9-11/h2-9H,1H3/b7-6+. The van der Waals surface area contributed by atoms with Gasteiger partial charge in [-0.25, -0.2) is 0 Å². The fourth-order valence-corrected chi connectivity index (χ4v) is 1.40. The molecule has 2 rings (SSSR count). The number of carbonyl (C=O) groups is 1. The second-order valence-corrected chi connectivity index (χ2v) is 3.60. The molecule has 2 heterocycles. The van der Waals surface area contributed by atoms with Gasteiger partial charge in [0.2, 0.25) is 0 Å². The lowest BCUT2D eigenvalue weighted by molar-refractivity contribution is -0.605. The number of hydrogen-bond donors (Lipinski definition) is 0. The number of nitrogens with zero attached hydrogens (tertiary/aromatic N) is 1. The smallest absolute Gasteiger partial charge is 0.192 e. The monoisotopic (exact) mass is 229 g/mol. The number of rotatable bonds is 3. The minimum atomic E-state index is -0.232. The minimum Gasteiger partial charge on any atom is -0.619 e. The molecule has 4 nitrogen and oxygen atoms in total. The van der Waals surface area contributed by atoms with Crippen LogP contribution in [0.1, 0.15) is 21.9 Å². The van der Waals surface area contributed by atoms with Gasteiger partial charge in [-0.2, -0.15) is 4.73 Å². The number of furan rings is 1. The van der Waals surface area contributed by atoms with Crippen LogP contribution >= 0.6 is 0 Å². The van der Waals surface area contributed by atoms with Crippen LogP contribution in [0.15, 0.2) is 47.2 Å². The molecular weight excluding hydrogens is 218 g/mol. The zero-order valence-corrected chi connectivity index (χ0v) is 9.29. The third-order valence-electron chi connectivity index (χ3n) is 2.22. The predicted octanol–water partition coefficient (Wildman–Crippen LogP) is 2.12. The molecule has 0 unspecified atom stereocenters. The van der Waals surface area contributed by atoms with Gasteiger partial charge in [0.15, 0.2) is 18.2 Å². The Bertz CT molecular complexity index is 570. The van der Waals surface area contributed by atoms with Gasteiger partial charge in [-0.15, -0.1) is 0 Å². The molecular formula is C13H11NO3. The van der Waals surface area contributed by atoms with Gasteiger partial charge in [-0.1, -0.05) is 0 Å². The van der Waals surface area contributed by atoms with E-state index in [1.54, 1.807) is 18.2 Å². The van der Waals surface area contributed by atoms with Crippen LogP contribution in [0.5, 0.6) is 0 Å². The summed E-state index contributed by atoms with van der Waals surface area (Å²) >= 11 is 0. The molecule has 0 spiro atoms. The molecule has 0 aliphatic rings. The van der Waals surface area contributed by atoms with Gasteiger partial charge in [0.05, 0.1) is 5.56 Å². The normalized spacial score (nSPS) is 10.9. The quantitative estimate of drug-likeness (QED) is 0.350. The number of carbonyl (C=O) groups excluding carboxylic acids is 1. The molecule has 2 aromatic heterocycles. The first-order chi connectivity index (χ1) is 8.15. The highest BCUT2D eigenvalue weighted by molar-refractivity contribution is 6.06. The van der Waals surface area contributed by atoms with Crippen molar-refractivity contribution >= 4 is 11.9 Å². The van der Waals surface area contributed by atoms with Crippen molar-refractivity contribution in [3.8, 4) is 0 Å². The highest BCUT2D eigenvalue weighted by atomic mass is 16.5. The maximum absolute atomic E-state index is 11.7. The topological polar surface area (TPSA) is 57.1 Å². The molecule has 86 valence electrons. The number of aryl methyl sites for hydroxylation is 1. The molecule has 0 saturated carbocycles. The van der Waals surface area contributed by atoms with E-state index in [9.17, 15) is 10.0 Å².